The third-order valence-corrected chi connectivity index (χ3v) is 2.81. The van der Waals surface area contributed by atoms with Gasteiger partial charge in [0, 0.05) is 35.0 Å². The maximum absolute atomic E-state index is 11.7. The fraction of sp³-hybridized carbons (Fsp3) is 0.0769. The predicted octanol–water partition coefficient (Wildman–Crippen LogP) is 2.55. The fourth-order valence-electron chi connectivity index (χ4n) is 1.46. The highest BCUT2D eigenvalue weighted by molar-refractivity contribution is 9.10. The first-order valence-corrected chi connectivity index (χ1v) is 6.15. The lowest BCUT2D eigenvalue weighted by molar-refractivity contribution is 0.0955. The number of rotatable bonds is 3. The third kappa shape index (κ3) is 3.30. The van der Waals surface area contributed by atoms with Crippen LogP contribution in [0.3, 0.4) is 0 Å². The highest BCUT2D eigenvalue weighted by atomic mass is 79.9. The summed E-state index contributed by atoms with van der Waals surface area (Å²) >= 11 is 3.32. The number of hydrogen-bond donors (Lipinski definition) is 1. The second kappa shape index (κ2) is 5.64. The van der Waals surface area contributed by atoms with Crippen molar-refractivity contribution in [3.8, 4) is 0 Å². The Balaban J connectivity index is 1.98. The molecule has 0 saturated carbocycles. The van der Waals surface area contributed by atoms with Gasteiger partial charge in [0.2, 0.25) is 0 Å². The number of carbonyl (C=O) groups is 1. The van der Waals surface area contributed by atoms with Crippen molar-refractivity contribution in [3.05, 3.63) is 58.3 Å². The first-order valence-electron chi connectivity index (χ1n) is 5.36. The summed E-state index contributed by atoms with van der Waals surface area (Å²) in [5, 5.41) is 3.91. The molecule has 0 unspecified atom stereocenters. The SMILES string of the molecule is Cn1ccc(/C=N\NC(=O)c2cccc(Br)c2)c1. The zero-order chi connectivity index (χ0) is 13.0. The second-order valence-corrected chi connectivity index (χ2v) is 4.74. The number of carbonyl (C=O) groups excluding carboxylic acids is 1. The van der Waals surface area contributed by atoms with Gasteiger partial charge >= 0.3 is 0 Å². The third-order valence-electron chi connectivity index (χ3n) is 2.32. The molecule has 0 saturated heterocycles. The summed E-state index contributed by atoms with van der Waals surface area (Å²) in [5.74, 6) is -0.233. The van der Waals surface area contributed by atoms with Crippen molar-refractivity contribution in [3.63, 3.8) is 0 Å². The highest BCUT2D eigenvalue weighted by Crippen LogP contribution is 2.11. The van der Waals surface area contributed by atoms with Gasteiger partial charge in [-0.25, -0.2) is 5.43 Å². The summed E-state index contributed by atoms with van der Waals surface area (Å²) < 4.78 is 2.78. The molecule has 1 aromatic heterocycles. The van der Waals surface area contributed by atoms with Crippen molar-refractivity contribution >= 4 is 28.1 Å². The summed E-state index contributed by atoms with van der Waals surface area (Å²) in [5.41, 5.74) is 3.99. The maximum Gasteiger partial charge on any atom is 0.271 e. The molecular formula is C13H12BrN3O. The van der Waals surface area contributed by atoms with Crippen LogP contribution < -0.4 is 5.43 Å². The Morgan fingerprint density at radius 3 is 2.94 bits per heavy atom. The molecule has 0 atom stereocenters. The summed E-state index contributed by atoms with van der Waals surface area (Å²) in [6, 6.07) is 9.06. The quantitative estimate of drug-likeness (QED) is 0.687. The first kappa shape index (κ1) is 12.6. The van der Waals surface area contributed by atoms with Crippen molar-refractivity contribution in [1.29, 1.82) is 0 Å². The normalized spacial score (nSPS) is 10.8. The van der Waals surface area contributed by atoms with Crippen LogP contribution in [0.4, 0.5) is 0 Å². The van der Waals surface area contributed by atoms with Crippen molar-refractivity contribution in [2.24, 2.45) is 12.1 Å². The average Bonchev–Trinajstić information content (AvgIpc) is 2.75. The molecule has 1 N–H and O–H groups in total. The number of aryl methyl sites for hydroxylation is 1. The molecule has 0 aliphatic carbocycles. The van der Waals surface area contributed by atoms with E-state index in [0.717, 1.165) is 10.0 Å². The van der Waals surface area contributed by atoms with Crippen LogP contribution in [0, 0.1) is 0 Å². The van der Waals surface area contributed by atoms with Gasteiger partial charge in [-0.2, -0.15) is 5.10 Å². The van der Waals surface area contributed by atoms with E-state index in [4.69, 9.17) is 0 Å². The number of benzene rings is 1. The molecule has 1 heterocycles. The highest BCUT2D eigenvalue weighted by Gasteiger charge is 2.03. The molecule has 0 aliphatic heterocycles. The van der Waals surface area contributed by atoms with E-state index in [-0.39, 0.29) is 5.91 Å². The lowest BCUT2D eigenvalue weighted by Gasteiger charge is -1.99. The molecule has 2 rings (SSSR count). The van der Waals surface area contributed by atoms with Crippen LogP contribution in [0.5, 0.6) is 0 Å². The van der Waals surface area contributed by atoms with Gasteiger partial charge in [0.15, 0.2) is 0 Å². The number of nitrogens with one attached hydrogen (secondary N) is 1. The number of aromatic nitrogens is 1. The van der Waals surface area contributed by atoms with E-state index < -0.39 is 0 Å². The molecule has 0 radical (unpaired) electrons. The molecule has 2 aromatic rings. The molecule has 0 fully saturated rings. The van der Waals surface area contributed by atoms with E-state index in [0.29, 0.717) is 5.56 Å². The molecule has 0 bridgehead atoms. The zero-order valence-corrected chi connectivity index (χ0v) is 11.4. The number of hydrazone groups is 1. The molecule has 1 aromatic carbocycles. The minimum Gasteiger partial charge on any atom is -0.357 e. The van der Waals surface area contributed by atoms with Gasteiger partial charge in [-0.15, -0.1) is 0 Å². The van der Waals surface area contributed by atoms with Gasteiger partial charge in [-0.3, -0.25) is 4.79 Å². The smallest absolute Gasteiger partial charge is 0.271 e. The standard InChI is InChI=1S/C13H12BrN3O/c1-17-6-5-10(9-17)8-15-16-13(18)11-3-2-4-12(14)7-11/h2-9H,1H3,(H,16,18)/b15-8-. The summed E-state index contributed by atoms with van der Waals surface area (Å²) in [6.07, 6.45) is 5.43. The number of hydrogen-bond acceptors (Lipinski definition) is 2. The van der Waals surface area contributed by atoms with Crippen LogP contribution in [0.15, 0.2) is 52.3 Å². The number of amides is 1. The van der Waals surface area contributed by atoms with E-state index in [9.17, 15) is 4.79 Å². The molecule has 0 spiro atoms. The molecule has 0 aliphatic rings. The maximum atomic E-state index is 11.7. The van der Waals surface area contributed by atoms with E-state index in [1.54, 1.807) is 24.4 Å². The Morgan fingerprint density at radius 1 is 1.44 bits per heavy atom. The van der Waals surface area contributed by atoms with Crippen LogP contribution in [0.1, 0.15) is 15.9 Å². The van der Waals surface area contributed by atoms with Crippen LogP contribution in [-0.4, -0.2) is 16.7 Å². The minimum absolute atomic E-state index is 0.233. The van der Waals surface area contributed by atoms with Gasteiger partial charge in [-0.05, 0) is 24.3 Å². The molecule has 1 amide bonds. The molecular weight excluding hydrogens is 294 g/mol. The summed E-state index contributed by atoms with van der Waals surface area (Å²) in [6.45, 7) is 0. The average molecular weight is 306 g/mol. The number of halogens is 1. The zero-order valence-electron chi connectivity index (χ0n) is 9.80. The second-order valence-electron chi connectivity index (χ2n) is 3.82. The first-order chi connectivity index (χ1) is 8.65. The van der Waals surface area contributed by atoms with Gasteiger partial charge in [0.25, 0.3) is 5.91 Å². The Labute approximate surface area is 113 Å². The predicted molar refractivity (Wildman–Crippen MR) is 74.6 cm³/mol. The summed E-state index contributed by atoms with van der Waals surface area (Å²) in [4.78, 5) is 11.7. The van der Waals surface area contributed by atoms with Crippen molar-refractivity contribution in [2.45, 2.75) is 0 Å². The molecule has 4 nitrogen and oxygen atoms in total. The lowest BCUT2D eigenvalue weighted by Crippen LogP contribution is -2.17. The van der Waals surface area contributed by atoms with Crippen LogP contribution in [-0.2, 0) is 7.05 Å². The topological polar surface area (TPSA) is 46.4 Å². The molecule has 5 heteroatoms. The Morgan fingerprint density at radius 2 is 2.28 bits per heavy atom. The number of nitrogens with zero attached hydrogens (tertiary/aromatic N) is 2. The van der Waals surface area contributed by atoms with Crippen molar-refractivity contribution < 1.29 is 4.79 Å². The Bertz CT molecular complexity index is 589. The Kier molecular flexibility index (Phi) is 3.94. The van der Waals surface area contributed by atoms with Gasteiger partial charge in [0.05, 0.1) is 6.21 Å². The van der Waals surface area contributed by atoms with Crippen LogP contribution in [0.25, 0.3) is 0 Å². The van der Waals surface area contributed by atoms with E-state index in [1.807, 2.05) is 36.1 Å². The molecule has 18 heavy (non-hydrogen) atoms. The lowest BCUT2D eigenvalue weighted by atomic mass is 10.2. The minimum atomic E-state index is -0.233. The largest absolute Gasteiger partial charge is 0.357 e. The van der Waals surface area contributed by atoms with Crippen molar-refractivity contribution in [2.75, 3.05) is 0 Å². The van der Waals surface area contributed by atoms with Crippen LogP contribution >= 0.6 is 15.9 Å². The van der Waals surface area contributed by atoms with Crippen molar-refractivity contribution in [1.82, 2.24) is 9.99 Å². The molecule has 92 valence electrons. The van der Waals surface area contributed by atoms with E-state index in [1.165, 1.54) is 0 Å². The fourth-order valence-corrected chi connectivity index (χ4v) is 1.86. The summed E-state index contributed by atoms with van der Waals surface area (Å²) in [7, 11) is 1.93. The van der Waals surface area contributed by atoms with Gasteiger partial charge < -0.3 is 4.57 Å². The van der Waals surface area contributed by atoms with Crippen LogP contribution in [0.2, 0.25) is 0 Å². The monoisotopic (exact) mass is 305 g/mol. The van der Waals surface area contributed by atoms with E-state index >= 15 is 0 Å². The van der Waals surface area contributed by atoms with Gasteiger partial charge in [0.1, 0.15) is 0 Å². The van der Waals surface area contributed by atoms with Gasteiger partial charge in [-0.1, -0.05) is 22.0 Å². The Hall–Kier alpha value is -1.88. The van der Waals surface area contributed by atoms with E-state index in [2.05, 4.69) is 26.5 Å².